The fourth-order valence-electron chi connectivity index (χ4n) is 2.70. The molecule has 2 N–H and O–H groups in total. The zero-order valence-electron chi connectivity index (χ0n) is 13.7. The van der Waals surface area contributed by atoms with Crippen molar-refractivity contribution in [3.63, 3.8) is 0 Å². The Bertz CT molecular complexity index is 634. The summed E-state index contributed by atoms with van der Waals surface area (Å²) in [7, 11) is 1.92. The first-order chi connectivity index (χ1) is 10.5. The van der Waals surface area contributed by atoms with Crippen molar-refractivity contribution in [3.05, 3.63) is 52.8 Å². The number of aryl methyl sites for hydroxylation is 2. The van der Waals surface area contributed by atoms with E-state index in [1.54, 1.807) is 0 Å². The molecule has 1 atom stereocenters. The van der Waals surface area contributed by atoms with Crippen molar-refractivity contribution in [1.82, 2.24) is 20.4 Å². The minimum atomic E-state index is -0.147. The second kappa shape index (κ2) is 7.11. The Balaban J connectivity index is 1.84. The number of hydrogen-bond donors (Lipinski definition) is 2. The van der Waals surface area contributed by atoms with Gasteiger partial charge in [0.2, 0.25) is 0 Å². The summed E-state index contributed by atoms with van der Waals surface area (Å²) in [4.78, 5) is 12.0. The molecule has 0 saturated heterocycles. The lowest BCUT2D eigenvalue weighted by Crippen LogP contribution is -2.38. The van der Waals surface area contributed by atoms with Gasteiger partial charge in [0.25, 0.3) is 0 Å². The molecule has 1 aromatic carbocycles. The highest BCUT2D eigenvalue weighted by molar-refractivity contribution is 5.74. The van der Waals surface area contributed by atoms with Gasteiger partial charge in [0.15, 0.2) is 0 Å². The molecule has 0 aliphatic heterocycles. The van der Waals surface area contributed by atoms with Crippen LogP contribution in [0.1, 0.15) is 35.5 Å². The Morgan fingerprint density at radius 1 is 1.27 bits per heavy atom. The molecule has 0 radical (unpaired) electrons. The van der Waals surface area contributed by atoms with Crippen LogP contribution in [0.3, 0.4) is 0 Å². The Hall–Kier alpha value is -2.30. The molecule has 1 heterocycles. The molecule has 0 spiro atoms. The molecule has 0 fully saturated rings. The van der Waals surface area contributed by atoms with E-state index in [9.17, 15) is 4.79 Å². The number of rotatable bonds is 5. The molecule has 0 aliphatic rings. The van der Waals surface area contributed by atoms with Crippen molar-refractivity contribution in [2.75, 3.05) is 6.54 Å². The molecule has 2 aromatic rings. The minimum absolute atomic E-state index is 0.0644. The zero-order valence-corrected chi connectivity index (χ0v) is 13.7. The van der Waals surface area contributed by atoms with Crippen LogP contribution >= 0.6 is 0 Å². The molecular weight excluding hydrogens is 276 g/mol. The zero-order chi connectivity index (χ0) is 16.1. The van der Waals surface area contributed by atoms with Crippen molar-refractivity contribution < 1.29 is 4.79 Å². The molecule has 0 aliphatic carbocycles. The minimum Gasteiger partial charge on any atom is -0.338 e. The summed E-state index contributed by atoms with van der Waals surface area (Å²) in [5, 5.41) is 10.3. The van der Waals surface area contributed by atoms with Crippen molar-refractivity contribution >= 4 is 6.03 Å². The molecule has 5 heteroatoms. The fourth-order valence-corrected chi connectivity index (χ4v) is 2.70. The van der Waals surface area contributed by atoms with E-state index in [2.05, 4.69) is 27.9 Å². The standard InChI is InChI=1S/C17H24N4O/c1-12(16-13(2)20-21(4)14(16)3)19-17(22)18-11-10-15-8-6-5-7-9-15/h5-9,12H,10-11H2,1-4H3,(H2,18,19,22)/t12-/m1/s1. The van der Waals surface area contributed by atoms with E-state index in [0.717, 1.165) is 23.4 Å². The average molecular weight is 300 g/mol. The summed E-state index contributed by atoms with van der Waals surface area (Å²) >= 11 is 0. The number of hydrogen-bond acceptors (Lipinski definition) is 2. The van der Waals surface area contributed by atoms with E-state index in [4.69, 9.17) is 0 Å². The van der Waals surface area contributed by atoms with E-state index >= 15 is 0 Å². The van der Waals surface area contributed by atoms with Crippen LogP contribution in [0.25, 0.3) is 0 Å². The third-order valence-corrected chi connectivity index (χ3v) is 3.89. The van der Waals surface area contributed by atoms with E-state index < -0.39 is 0 Å². The van der Waals surface area contributed by atoms with Gasteiger partial charge in [0, 0.05) is 24.8 Å². The smallest absolute Gasteiger partial charge is 0.315 e. The van der Waals surface area contributed by atoms with Crippen LogP contribution in [0.2, 0.25) is 0 Å². The van der Waals surface area contributed by atoms with Gasteiger partial charge in [-0.05, 0) is 32.8 Å². The fraction of sp³-hybridized carbons (Fsp3) is 0.412. The van der Waals surface area contributed by atoms with Crippen LogP contribution in [-0.2, 0) is 13.5 Å². The number of nitrogens with zero attached hydrogens (tertiary/aromatic N) is 2. The third-order valence-electron chi connectivity index (χ3n) is 3.89. The maximum atomic E-state index is 12.0. The molecule has 0 unspecified atom stereocenters. The molecule has 1 aromatic heterocycles. The quantitative estimate of drug-likeness (QED) is 0.892. The maximum Gasteiger partial charge on any atom is 0.315 e. The number of aromatic nitrogens is 2. The summed E-state index contributed by atoms with van der Waals surface area (Å²) in [6.07, 6.45) is 0.827. The number of benzene rings is 1. The van der Waals surface area contributed by atoms with E-state index in [-0.39, 0.29) is 12.1 Å². The van der Waals surface area contributed by atoms with Crippen LogP contribution in [0.4, 0.5) is 4.79 Å². The number of urea groups is 1. The lowest BCUT2D eigenvalue weighted by molar-refractivity contribution is 0.238. The summed E-state index contributed by atoms with van der Waals surface area (Å²) in [6.45, 7) is 6.58. The maximum absolute atomic E-state index is 12.0. The first-order valence-electron chi connectivity index (χ1n) is 7.57. The Morgan fingerprint density at radius 3 is 2.55 bits per heavy atom. The van der Waals surface area contributed by atoms with Crippen molar-refractivity contribution in [3.8, 4) is 0 Å². The molecule has 2 rings (SSSR count). The number of nitrogens with one attached hydrogen (secondary N) is 2. The lowest BCUT2D eigenvalue weighted by Gasteiger charge is -2.15. The van der Waals surface area contributed by atoms with Gasteiger partial charge in [-0.1, -0.05) is 30.3 Å². The van der Waals surface area contributed by atoms with Crippen LogP contribution in [0.15, 0.2) is 30.3 Å². The van der Waals surface area contributed by atoms with Gasteiger partial charge in [-0.15, -0.1) is 0 Å². The molecule has 2 amide bonds. The monoisotopic (exact) mass is 300 g/mol. The van der Waals surface area contributed by atoms with Crippen molar-refractivity contribution in [2.45, 2.75) is 33.2 Å². The van der Waals surface area contributed by atoms with Crippen LogP contribution in [-0.4, -0.2) is 22.4 Å². The van der Waals surface area contributed by atoms with Gasteiger partial charge < -0.3 is 10.6 Å². The van der Waals surface area contributed by atoms with Gasteiger partial charge >= 0.3 is 6.03 Å². The van der Waals surface area contributed by atoms with Gasteiger partial charge in [-0.3, -0.25) is 4.68 Å². The first kappa shape index (κ1) is 16.1. The Labute approximate surface area is 131 Å². The first-order valence-corrected chi connectivity index (χ1v) is 7.57. The number of carbonyl (C=O) groups is 1. The van der Waals surface area contributed by atoms with Gasteiger partial charge in [0.05, 0.1) is 11.7 Å². The number of carbonyl (C=O) groups excluding carboxylic acids is 1. The van der Waals surface area contributed by atoms with Gasteiger partial charge in [-0.2, -0.15) is 5.10 Å². The second-order valence-electron chi connectivity index (χ2n) is 5.57. The highest BCUT2D eigenvalue weighted by atomic mass is 16.2. The molecule has 22 heavy (non-hydrogen) atoms. The predicted molar refractivity (Wildman–Crippen MR) is 87.8 cm³/mol. The van der Waals surface area contributed by atoms with Gasteiger partial charge in [-0.25, -0.2) is 4.79 Å². The van der Waals surface area contributed by atoms with Crippen molar-refractivity contribution in [1.29, 1.82) is 0 Å². The molecular formula is C17H24N4O. The molecule has 118 valence electrons. The summed E-state index contributed by atoms with van der Waals surface area (Å²) in [5.74, 6) is 0. The largest absolute Gasteiger partial charge is 0.338 e. The second-order valence-corrected chi connectivity index (χ2v) is 5.57. The van der Waals surface area contributed by atoms with E-state index in [1.807, 2.05) is 50.7 Å². The van der Waals surface area contributed by atoms with E-state index in [1.165, 1.54) is 5.56 Å². The third kappa shape index (κ3) is 3.87. The number of amides is 2. The van der Waals surface area contributed by atoms with Crippen LogP contribution in [0, 0.1) is 13.8 Å². The predicted octanol–water partition coefficient (Wildman–Crippen LogP) is 2.64. The average Bonchev–Trinajstić information content (AvgIpc) is 2.73. The summed E-state index contributed by atoms with van der Waals surface area (Å²) in [5.41, 5.74) is 4.34. The Kier molecular flexibility index (Phi) is 5.20. The van der Waals surface area contributed by atoms with Gasteiger partial charge in [0.1, 0.15) is 0 Å². The highest BCUT2D eigenvalue weighted by Gasteiger charge is 2.17. The molecule has 0 bridgehead atoms. The summed E-state index contributed by atoms with van der Waals surface area (Å²) < 4.78 is 1.84. The van der Waals surface area contributed by atoms with Crippen LogP contribution < -0.4 is 10.6 Å². The highest BCUT2D eigenvalue weighted by Crippen LogP contribution is 2.20. The Morgan fingerprint density at radius 2 is 1.95 bits per heavy atom. The summed E-state index contributed by atoms with van der Waals surface area (Å²) in [6, 6.07) is 9.91. The van der Waals surface area contributed by atoms with Crippen LogP contribution in [0.5, 0.6) is 0 Å². The topological polar surface area (TPSA) is 59.0 Å². The van der Waals surface area contributed by atoms with E-state index in [0.29, 0.717) is 6.54 Å². The SMILES string of the molecule is Cc1nn(C)c(C)c1[C@@H](C)NC(=O)NCCc1ccccc1. The normalized spacial score (nSPS) is 12.0. The van der Waals surface area contributed by atoms with Crippen molar-refractivity contribution in [2.24, 2.45) is 7.05 Å². The lowest BCUT2D eigenvalue weighted by atomic mass is 10.1. The molecule has 5 nitrogen and oxygen atoms in total. The molecule has 0 saturated carbocycles.